The van der Waals surface area contributed by atoms with Crippen LogP contribution in [0.3, 0.4) is 0 Å². The zero-order valence-corrected chi connectivity index (χ0v) is 16.0. The van der Waals surface area contributed by atoms with Crippen molar-refractivity contribution in [3.63, 3.8) is 0 Å². The monoisotopic (exact) mass is 378 g/mol. The van der Waals surface area contributed by atoms with Gasteiger partial charge in [-0.05, 0) is 52.2 Å². The van der Waals surface area contributed by atoms with Crippen molar-refractivity contribution in [2.75, 3.05) is 0 Å². The predicted molar refractivity (Wildman–Crippen MR) is 95.6 cm³/mol. The SMILES string of the molecule is C=C1C(=O)OC2C=C(C)CCC=C(C)C(O)C(OC(=O)C3(C)OC3C)C12O. The number of epoxide rings is 1. The van der Waals surface area contributed by atoms with E-state index in [0.29, 0.717) is 18.4 Å². The van der Waals surface area contributed by atoms with Crippen LogP contribution in [-0.4, -0.2) is 57.8 Å². The first-order chi connectivity index (χ1) is 12.5. The fourth-order valence-corrected chi connectivity index (χ4v) is 3.51. The van der Waals surface area contributed by atoms with E-state index in [2.05, 4.69) is 6.58 Å². The minimum absolute atomic E-state index is 0.253. The minimum Gasteiger partial charge on any atom is -0.453 e. The number of carbonyl (C=O) groups is 2. The molecule has 0 aromatic carbocycles. The lowest BCUT2D eigenvalue weighted by molar-refractivity contribution is -0.182. The summed E-state index contributed by atoms with van der Waals surface area (Å²) >= 11 is 0. The lowest BCUT2D eigenvalue weighted by Crippen LogP contribution is -2.58. The van der Waals surface area contributed by atoms with Gasteiger partial charge in [-0.3, -0.25) is 0 Å². The summed E-state index contributed by atoms with van der Waals surface area (Å²) in [6.45, 7) is 10.5. The molecule has 0 aromatic heterocycles. The quantitative estimate of drug-likeness (QED) is 0.323. The number of aliphatic hydroxyl groups is 2. The topological polar surface area (TPSA) is 106 Å². The van der Waals surface area contributed by atoms with Crippen LogP contribution in [0, 0.1) is 0 Å². The molecule has 2 aliphatic heterocycles. The molecule has 148 valence electrons. The van der Waals surface area contributed by atoms with Gasteiger partial charge in [0.15, 0.2) is 23.4 Å². The molecule has 0 spiro atoms. The average molecular weight is 378 g/mol. The largest absolute Gasteiger partial charge is 0.453 e. The van der Waals surface area contributed by atoms with E-state index in [4.69, 9.17) is 14.2 Å². The summed E-state index contributed by atoms with van der Waals surface area (Å²) in [5, 5.41) is 22.3. The van der Waals surface area contributed by atoms with Crippen LogP contribution in [0.5, 0.6) is 0 Å². The molecule has 3 rings (SSSR count). The molecule has 6 unspecified atom stereocenters. The molecule has 0 aromatic rings. The van der Waals surface area contributed by atoms with E-state index in [1.165, 1.54) is 0 Å². The molecular formula is C20H26O7. The van der Waals surface area contributed by atoms with Gasteiger partial charge in [-0.1, -0.05) is 18.2 Å². The minimum atomic E-state index is -2.09. The highest BCUT2D eigenvalue weighted by Crippen LogP contribution is 2.43. The first kappa shape index (κ1) is 19.8. The van der Waals surface area contributed by atoms with Crippen LogP contribution in [0.15, 0.2) is 35.5 Å². The van der Waals surface area contributed by atoms with E-state index < -0.39 is 41.5 Å². The third kappa shape index (κ3) is 3.13. The smallest absolute Gasteiger partial charge is 0.341 e. The first-order valence-corrected chi connectivity index (χ1v) is 9.05. The number of esters is 2. The molecule has 7 heteroatoms. The molecule has 7 nitrogen and oxygen atoms in total. The Balaban J connectivity index is 2.05. The summed E-state index contributed by atoms with van der Waals surface area (Å²) in [6.07, 6.45) is 0.522. The molecule has 27 heavy (non-hydrogen) atoms. The van der Waals surface area contributed by atoms with Crippen LogP contribution in [0.2, 0.25) is 0 Å². The molecule has 2 heterocycles. The Kier molecular flexibility index (Phi) is 4.82. The second-order valence-electron chi connectivity index (χ2n) is 7.77. The van der Waals surface area contributed by atoms with E-state index in [1.54, 1.807) is 26.8 Å². The van der Waals surface area contributed by atoms with Crippen molar-refractivity contribution in [3.8, 4) is 0 Å². The van der Waals surface area contributed by atoms with Crippen LogP contribution in [0.4, 0.5) is 0 Å². The number of ether oxygens (including phenoxy) is 3. The maximum atomic E-state index is 12.6. The fourth-order valence-electron chi connectivity index (χ4n) is 3.51. The van der Waals surface area contributed by atoms with Gasteiger partial charge in [0.1, 0.15) is 6.10 Å². The second-order valence-corrected chi connectivity index (χ2v) is 7.77. The average Bonchev–Trinajstić information content (AvgIpc) is 3.17. The van der Waals surface area contributed by atoms with Gasteiger partial charge < -0.3 is 24.4 Å². The number of fused-ring (bicyclic) bond motifs is 1. The van der Waals surface area contributed by atoms with Gasteiger partial charge in [0.25, 0.3) is 0 Å². The van der Waals surface area contributed by atoms with Gasteiger partial charge in [-0.25, -0.2) is 9.59 Å². The van der Waals surface area contributed by atoms with Crippen LogP contribution >= 0.6 is 0 Å². The van der Waals surface area contributed by atoms with Gasteiger partial charge >= 0.3 is 11.9 Å². The van der Waals surface area contributed by atoms with Crippen molar-refractivity contribution < 1.29 is 34.0 Å². The molecule has 0 saturated carbocycles. The van der Waals surface area contributed by atoms with Gasteiger partial charge in [0.2, 0.25) is 0 Å². The number of carbonyl (C=O) groups excluding carboxylic acids is 2. The summed E-state index contributed by atoms with van der Waals surface area (Å²) in [5.74, 6) is -1.51. The predicted octanol–water partition coefficient (Wildman–Crippen LogP) is 1.34. The van der Waals surface area contributed by atoms with Gasteiger partial charge in [0.05, 0.1) is 11.7 Å². The Bertz CT molecular complexity index is 751. The molecule has 0 amide bonds. The number of hydrogen-bond donors (Lipinski definition) is 2. The zero-order chi connectivity index (χ0) is 20.1. The summed E-state index contributed by atoms with van der Waals surface area (Å²) in [6, 6.07) is 0. The molecular weight excluding hydrogens is 352 g/mol. The molecule has 0 radical (unpaired) electrons. The van der Waals surface area contributed by atoms with Gasteiger partial charge in [0, 0.05) is 0 Å². The summed E-state index contributed by atoms with van der Waals surface area (Å²) in [4.78, 5) is 24.8. The molecule has 0 bridgehead atoms. The van der Waals surface area contributed by atoms with Crippen molar-refractivity contribution >= 4 is 11.9 Å². The van der Waals surface area contributed by atoms with Crippen LogP contribution in [0.25, 0.3) is 0 Å². The van der Waals surface area contributed by atoms with Gasteiger partial charge in [-0.2, -0.15) is 0 Å². The summed E-state index contributed by atoms with van der Waals surface area (Å²) in [5.41, 5.74) is -2.06. The molecule has 6 atom stereocenters. The molecule has 2 saturated heterocycles. The van der Waals surface area contributed by atoms with E-state index in [1.807, 2.05) is 13.0 Å². The molecule has 1 aliphatic carbocycles. The fraction of sp³-hybridized carbons (Fsp3) is 0.600. The Labute approximate surface area is 158 Å². The standard InChI is InChI=1S/C20H26O7/c1-10-7-6-8-11(2)15(21)16(26-18(23)19(5)13(4)27-19)20(24)12(3)17(22)25-14(20)9-10/h8-9,13-16,21,24H,3,6-7H2,1-2,4-5H3. The normalized spacial score (nSPS) is 41.9. The molecule has 2 N–H and O–H groups in total. The van der Waals surface area contributed by atoms with Crippen molar-refractivity contribution in [2.24, 2.45) is 0 Å². The van der Waals surface area contributed by atoms with Crippen LogP contribution in [-0.2, 0) is 23.8 Å². The molecule has 3 aliphatic rings. The Morgan fingerprint density at radius 2 is 2.04 bits per heavy atom. The maximum Gasteiger partial charge on any atom is 0.341 e. The summed E-state index contributed by atoms with van der Waals surface area (Å²) < 4.78 is 16.1. The second kappa shape index (κ2) is 6.58. The highest BCUT2D eigenvalue weighted by Gasteiger charge is 2.63. The molecule has 2 fully saturated rings. The van der Waals surface area contributed by atoms with Crippen molar-refractivity contribution in [2.45, 2.75) is 76.2 Å². The van der Waals surface area contributed by atoms with Crippen molar-refractivity contribution in [1.29, 1.82) is 0 Å². The highest BCUT2D eigenvalue weighted by atomic mass is 16.7. The van der Waals surface area contributed by atoms with Crippen molar-refractivity contribution in [3.05, 3.63) is 35.5 Å². The van der Waals surface area contributed by atoms with E-state index >= 15 is 0 Å². The van der Waals surface area contributed by atoms with Gasteiger partial charge in [-0.15, -0.1) is 0 Å². The highest BCUT2D eigenvalue weighted by molar-refractivity contribution is 5.94. The lowest BCUT2D eigenvalue weighted by Gasteiger charge is -2.38. The number of hydrogen-bond acceptors (Lipinski definition) is 7. The van der Waals surface area contributed by atoms with Crippen LogP contribution < -0.4 is 0 Å². The third-order valence-electron chi connectivity index (χ3n) is 5.80. The van der Waals surface area contributed by atoms with E-state index in [9.17, 15) is 19.8 Å². The first-order valence-electron chi connectivity index (χ1n) is 9.05. The third-order valence-corrected chi connectivity index (χ3v) is 5.80. The lowest BCUT2D eigenvalue weighted by atomic mass is 9.79. The zero-order valence-electron chi connectivity index (χ0n) is 16.0. The van der Waals surface area contributed by atoms with Crippen molar-refractivity contribution in [1.82, 2.24) is 0 Å². The van der Waals surface area contributed by atoms with Crippen LogP contribution in [0.1, 0.15) is 40.5 Å². The maximum absolute atomic E-state index is 12.6. The van der Waals surface area contributed by atoms with E-state index in [-0.39, 0.29) is 11.7 Å². The Morgan fingerprint density at radius 1 is 1.41 bits per heavy atom. The number of allylic oxidation sites excluding steroid dienone is 2. The number of rotatable bonds is 2. The Morgan fingerprint density at radius 3 is 2.63 bits per heavy atom. The van der Waals surface area contributed by atoms with E-state index in [0.717, 1.165) is 5.57 Å². The number of aliphatic hydroxyl groups excluding tert-OH is 1. The Hall–Kier alpha value is -1.96. The summed E-state index contributed by atoms with van der Waals surface area (Å²) in [7, 11) is 0.